The maximum atomic E-state index is 14.1. The summed E-state index contributed by atoms with van der Waals surface area (Å²) >= 11 is 5.81. The minimum Gasteiger partial charge on any atom is -0.347 e. The predicted octanol–water partition coefficient (Wildman–Crippen LogP) is 2.23. The minimum absolute atomic E-state index is 0.113. The number of ether oxygens (including phenoxy) is 1. The first-order valence-electron chi connectivity index (χ1n) is 7.28. The zero-order chi connectivity index (χ0) is 16.0. The zero-order valence-electron chi connectivity index (χ0n) is 12.1. The van der Waals surface area contributed by atoms with Crippen LogP contribution in [0.25, 0.3) is 0 Å². The van der Waals surface area contributed by atoms with E-state index in [0.29, 0.717) is 16.5 Å². The molecule has 1 aliphatic carbocycles. The molecule has 2 unspecified atom stereocenters. The topological polar surface area (TPSA) is 88.4 Å². The average molecular weight is 336 g/mol. The van der Waals surface area contributed by atoms with Gasteiger partial charge in [-0.25, -0.2) is 19.8 Å². The Bertz CT molecular complexity index is 737. The van der Waals surface area contributed by atoms with Crippen LogP contribution in [-0.4, -0.2) is 16.2 Å². The third-order valence-electron chi connectivity index (χ3n) is 4.20. The molecule has 4 N–H and O–H groups in total. The van der Waals surface area contributed by atoms with Gasteiger partial charge in [0.1, 0.15) is 11.9 Å². The second kappa shape index (κ2) is 5.38. The number of anilines is 1. The lowest BCUT2D eigenvalue weighted by Gasteiger charge is -2.18. The number of hydrazine groups is 1. The Kier molecular flexibility index (Phi) is 3.46. The lowest BCUT2D eigenvalue weighted by atomic mass is 10.0. The number of aromatic nitrogens is 2. The Morgan fingerprint density at radius 3 is 2.61 bits per heavy atom. The second-order valence-corrected chi connectivity index (χ2v) is 6.25. The van der Waals surface area contributed by atoms with Gasteiger partial charge in [0, 0.05) is 28.5 Å². The molecule has 1 aliphatic heterocycles. The van der Waals surface area contributed by atoms with E-state index in [0.717, 1.165) is 18.4 Å². The Labute approximate surface area is 137 Å². The van der Waals surface area contributed by atoms with E-state index < -0.39 is 5.54 Å². The van der Waals surface area contributed by atoms with Crippen molar-refractivity contribution in [3.05, 3.63) is 52.6 Å². The van der Waals surface area contributed by atoms with E-state index in [1.165, 1.54) is 6.07 Å². The van der Waals surface area contributed by atoms with Crippen LogP contribution in [0.4, 0.5) is 10.3 Å². The van der Waals surface area contributed by atoms with Gasteiger partial charge in [-0.1, -0.05) is 17.7 Å². The largest absolute Gasteiger partial charge is 0.347 e. The van der Waals surface area contributed by atoms with E-state index >= 15 is 0 Å². The quantitative estimate of drug-likeness (QED) is 0.441. The Morgan fingerprint density at radius 1 is 1.30 bits per heavy atom. The van der Waals surface area contributed by atoms with Gasteiger partial charge in [-0.05, 0) is 25.0 Å². The molecule has 2 fully saturated rings. The minimum atomic E-state index is -0.451. The van der Waals surface area contributed by atoms with E-state index in [1.807, 2.05) is 0 Å². The summed E-state index contributed by atoms with van der Waals surface area (Å²) in [6.07, 6.45) is 4.72. The van der Waals surface area contributed by atoms with Gasteiger partial charge in [-0.2, -0.15) is 0 Å². The molecule has 0 radical (unpaired) electrons. The monoisotopic (exact) mass is 335 g/mol. The van der Waals surface area contributed by atoms with Crippen LogP contribution in [0.3, 0.4) is 0 Å². The first-order chi connectivity index (χ1) is 11.1. The number of epoxide rings is 1. The van der Waals surface area contributed by atoms with Crippen LogP contribution in [0.15, 0.2) is 30.6 Å². The van der Waals surface area contributed by atoms with Gasteiger partial charge in [0.15, 0.2) is 6.23 Å². The van der Waals surface area contributed by atoms with Crippen molar-refractivity contribution in [1.29, 1.82) is 0 Å². The molecular weight excluding hydrogens is 321 g/mol. The van der Waals surface area contributed by atoms with Crippen LogP contribution >= 0.6 is 11.6 Å². The van der Waals surface area contributed by atoms with Gasteiger partial charge < -0.3 is 10.1 Å². The molecule has 4 rings (SSSR count). The van der Waals surface area contributed by atoms with Crippen LogP contribution in [-0.2, 0) is 10.3 Å². The highest BCUT2D eigenvalue weighted by Gasteiger charge is 2.47. The number of hydrogen-bond donors (Lipinski definition) is 3. The summed E-state index contributed by atoms with van der Waals surface area (Å²) in [5.41, 5.74) is 3.52. The predicted molar refractivity (Wildman–Crippen MR) is 82.9 cm³/mol. The summed E-state index contributed by atoms with van der Waals surface area (Å²) in [7, 11) is 0. The number of hydrogen-bond acceptors (Lipinski definition) is 6. The van der Waals surface area contributed by atoms with Gasteiger partial charge >= 0.3 is 0 Å². The van der Waals surface area contributed by atoms with Crippen molar-refractivity contribution in [2.75, 3.05) is 5.32 Å². The smallest absolute Gasteiger partial charge is 0.223 e. The molecule has 6 nitrogen and oxygen atoms in total. The molecule has 8 heteroatoms. The highest BCUT2D eigenvalue weighted by atomic mass is 35.5. The van der Waals surface area contributed by atoms with E-state index in [4.69, 9.17) is 22.2 Å². The number of nitrogens with zero attached hydrogens (tertiary/aromatic N) is 2. The SMILES string of the molecule is NNC1OC1c1cnc(NC2(c3ccc(Cl)cc3F)CC2)nc1. The molecule has 2 atom stereocenters. The number of halogens is 2. The van der Waals surface area contributed by atoms with Crippen molar-refractivity contribution in [1.82, 2.24) is 15.4 Å². The lowest BCUT2D eigenvalue weighted by Crippen LogP contribution is -2.25. The zero-order valence-corrected chi connectivity index (χ0v) is 12.8. The van der Waals surface area contributed by atoms with Crippen molar-refractivity contribution >= 4 is 17.5 Å². The Balaban J connectivity index is 1.51. The van der Waals surface area contributed by atoms with Crippen LogP contribution in [0.1, 0.15) is 30.1 Å². The summed E-state index contributed by atoms with van der Waals surface area (Å²) < 4.78 is 19.5. The molecule has 23 heavy (non-hydrogen) atoms. The van der Waals surface area contributed by atoms with Crippen LogP contribution in [0.5, 0.6) is 0 Å². The summed E-state index contributed by atoms with van der Waals surface area (Å²) in [6.45, 7) is 0. The maximum Gasteiger partial charge on any atom is 0.223 e. The van der Waals surface area contributed by atoms with Crippen LogP contribution in [0.2, 0.25) is 5.02 Å². The number of rotatable bonds is 5. The molecule has 2 aromatic rings. The van der Waals surface area contributed by atoms with E-state index in [2.05, 4.69) is 20.7 Å². The third-order valence-corrected chi connectivity index (χ3v) is 4.44. The molecule has 0 amide bonds. The van der Waals surface area contributed by atoms with Crippen molar-refractivity contribution in [3.63, 3.8) is 0 Å². The number of benzene rings is 1. The summed E-state index contributed by atoms with van der Waals surface area (Å²) in [5.74, 6) is 5.44. The van der Waals surface area contributed by atoms with E-state index in [9.17, 15) is 4.39 Å². The molecule has 2 heterocycles. The lowest BCUT2D eigenvalue weighted by molar-refractivity contribution is 0.349. The Morgan fingerprint density at radius 2 is 2.04 bits per heavy atom. The van der Waals surface area contributed by atoms with Crippen LogP contribution in [0, 0.1) is 5.82 Å². The molecular formula is C15H15ClFN5O. The van der Waals surface area contributed by atoms with Crippen molar-refractivity contribution in [2.45, 2.75) is 30.7 Å². The summed E-state index contributed by atoms with van der Waals surface area (Å²) in [4.78, 5) is 8.57. The first kappa shape index (κ1) is 14.8. The van der Waals surface area contributed by atoms with Gasteiger partial charge in [0.05, 0.1) is 5.54 Å². The summed E-state index contributed by atoms with van der Waals surface area (Å²) in [6, 6.07) is 4.73. The molecule has 0 spiro atoms. The highest BCUT2D eigenvalue weighted by molar-refractivity contribution is 6.30. The van der Waals surface area contributed by atoms with Crippen molar-refractivity contribution in [3.8, 4) is 0 Å². The molecule has 120 valence electrons. The molecule has 1 saturated heterocycles. The standard InChI is InChI=1S/C15H15ClFN5O/c16-9-1-2-10(11(17)5-9)15(3-4-15)21-14-19-6-8(7-20-14)12-13(22-18)23-12/h1-2,5-7,12-13,22H,3-4,18H2,(H,19,20,21). The van der Waals surface area contributed by atoms with Gasteiger partial charge in [-0.15, -0.1) is 0 Å². The molecule has 1 saturated carbocycles. The van der Waals surface area contributed by atoms with Gasteiger partial charge in [-0.3, -0.25) is 5.84 Å². The fraction of sp³-hybridized carbons (Fsp3) is 0.333. The fourth-order valence-corrected chi connectivity index (χ4v) is 2.88. The van der Waals surface area contributed by atoms with E-state index in [1.54, 1.807) is 24.5 Å². The third kappa shape index (κ3) is 2.76. The molecule has 1 aromatic carbocycles. The maximum absolute atomic E-state index is 14.1. The van der Waals surface area contributed by atoms with Gasteiger partial charge in [0.2, 0.25) is 5.95 Å². The molecule has 0 bridgehead atoms. The normalized spacial score (nSPS) is 24.3. The molecule has 2 aliphatic rings. The number of nitrogens with one attached hydrogen (secondary N) is 2. The van der Waals surface area contributed by atoms with Crippen molar-refractivity contribution in [2.24, 2.45) is 5.84 Å². The summed E-state index contributed by atoms with van der Waals surface area (Å²) in [5, 5.41) is 3.62. The first-order valence-corrected chi connectivity index (χ1v) is 7.66. The second-order valence-electron chi connectivity index (χ2n) is 5.82. The van der Waals surface area contributed by atoms with Crippen molar-refractivity contribution < 1.29 is 9.13 Å². The van der Waals surface area contributed by atoms with Gasteiger partial charge in [0.25, 0.3) is 0 Å². The highest BCUT2D eigenvalue weighted by Crippen LogP contribution is 2.49. The number of nitrogens with two attached hydrogens (primary N) is 1. The molecule has 1 aromatic heterocycles. The fourth-order valence-electron chi connectivity index (χ4n) is 2.72. The van der Waals surface area contributed by atoms with Crippen LogP contribution < -0.4 is 16.6 Å². The Hall–Kier alpha value is -1.80. The average Bonchev–Trinajstić information content (AvgIpc) is 3.43. The van der Waals surface area contributed by atoms with E-state index in [-0.39, 0.29) is 18.1 Å².